The summed E-state index contributed by atoms with van der Waals surface area (Å²) in [5.41, 5.74) is -8.06. The van der Waals surface area contributed by atoms with Gasteiger partial charge in [-0.1, -0.05) is 24.3 Å². The topological polar surface area (TPSA) is 86.7 Å². The highest BCUT2D eigenvalue weighted by Crippen LogP contribution is 2.57. The Morgan fingerprint density at radius 3 is 0.971 bits per heavy atom. The number of hydrogen-bond donors (Lipinski definition) is 0. The fourth-order valence-corrected chi connectivity index (χ4v) is 5.01. The van der Waals surface area contributed by atoms with Gasteiger partial charge in [-0.05, 0) is 61.1 Å². The molecule has 2 aromatic carbocycles. The van der Waals surface area contributed by atoms with Crippen LogP contribution in [0.25, 0.3) is 0 Å². The molecule has 0 saturated heterocycles. The second kappa shape index (κ2) is 8.87. The third-order valence-corrected chi connectivity index (χ3v) is 6.05. The quantitative estimate of drug-likeness (QED) is 0.373. The molecule has 0 fully saturated rings. The maximum atomic E-state index is 14.5. The van der Waals surface area contributed by atoms with Gasteiger partial charge in [0, 0.05) is 0 Å². The van der Waals surface area contributed by atoms with Gasteiger partial charge in [0.1, 0.15) is 11.5 Å². The molecule has 0 heterocycles. The van der Waals surface area contributed by atoms with E-state index in [0.29, 0.717) is 36.8 Å². The van der Waals surface area contributed by atoms with E-state index in [1.54, 1.807) is 0 Å². The van der Waals surface area contributed by atoms with E-state index >= 15 is 0 Å². The van der Waals surface area contributed by atoms with Crippen molar-refractivity contribution < 1.29 is 51.5 Å². The highest BCUT2D eigenvalue weighted by molar-refractivity contribution is 7.86. The van der Waals surface area contributed by atoms with Gasteiger partial charge in [0.2, 0.25) is 5.41 Å². The molecule has 0 bridgehead atoms. The van der Waals surface area contributed by atoms with Crippen LogP contribution < -0.4 is 8.37 Å². The third-order valence-electron chi connectivity index (χ3n) is 5.11. The highest BCUT2D eigenvalue weighted by Gasteiger charge is 2.72. The Kier molecular flexibility index (Phi) is 7.29. The average Bonchev–Trinajstić information content (AvgIpc) is 2.58. The van der Waals surface area contributed by atoms with E-state index in [4.69, 9.17) is 8.37 Å². The van der Waals surface area contributed by atoms with E-state index in [2.05, 4.69) is 0 Å². The van der Waals surface area contributed by atoms with E-state index in [9.17, 15) is 43.2 Å². The summed E-state index contributed by atoms with van der Waals surface area (Å²) in [4.78, 5) is 0. The first-order chi connectivity index (χ1) is 15.5. The van der Waals surface area contributed by atoms with E-state index in [0.717, 1.165) is 27.7 Å². The summed E-state index contributed by atoms with van der Waals surface area (Å²) in [6.07, 6.45) is -10.5. The molecule has 0 aromatic heterocycles. The van der Waals surface area contributed by atoms with Crippen molar-refractivity contribution in [3.63, 3.8) is 0 Å². The van der Waals surface area contributed by atoms with Crippen LogP contribution in [-0.2, 0) is 25.7 Å². The smallest absolute Gasteiger partial charge is 0.382 e. The van der Waals surface area contributed by atoms with Gasteiger partial charge < -0.3 is 8.37 Å². The van der Waals surface area contributed by atoms with Gasteiger partial charge in [-0.15, -0.1) is 0 Å². The van der Waals surface area contributed by atoms with Crippen LogP contribution >= 0.6 is 0 Å². The lowest BCUT2D eigenvalue weighted by molar-refractivity contribution is -0.288. The van der Waals surface area contributed by atoms with Gasteiger partial charge in [0.05, 0.1) is 12.5 Å². The summed E-state index contributed by atoms with van der Waals surface area (Å²) in [5.74, 6) is -0.780. The lowest BCUT2D eigenvalue weighted by Gasteiger charge is -2.39. The summed E-state index contributed by atoms with van der Waals surface area (Å²) >= 11 is 0. The Labute approximate surface area is 199 Å². The fourth-order valence-electron chi connectivity index (χ4n) is 3.88. The monoisotopic (exact) mass is 548 g/mol. The molecule has 0 saturated carbocycles. The van der Waals surface area contributed by atoms with Gasteiger partial charge in [-0.2, -0.15) is 43.2 Å². The zero-order valence-electron chi connectivity index (χ0n) is 19.3. The largest absolute Gasteiger partial charge is 0.411 e. The van der Waals surface area contributed by atoms with Crippen molar-refractivity contribution in [2.24, 2.45) is 0 Å². The molecule has 0 radical (unpaired) electrons. The Morgan fingerprint density at radius 1 is 0.571 bits per heavy atom. The summed E-state index contributed by atoms with van der Waals surface area (Å²) in [7, 11) is -8.24. The fraction of sp³-hybridized carbons (Fsp3) is 0.429. The minimum atomic E-state index is -5.92. The molecule has 0 aliphatic heterocycles. The van der Waals surface area contributed by atoms with E-state index in [1.165, 1.54) is 0 Å². The van der Waals surface area contributed by atoms with E-state index in [1.807, 2.05) is 0 Å². The van der Waals surface area contributed by atoms with Crippen LogP contribution in [0, 0.1) is 27.7 Å². The number of hydrogen-bond acceptors (Lipinski definition) is 6. The molecule has 14 heteroatoms. The second-order valence-electron chi connectivity index (χ2n) is 8.20. The van der Waals surface area contributed by atoms with Crippen molar-refractivity contribution in [3.8, 4) is 11.5 Å². The molecule has 0 aliphatic carbocycles. The van der Waals surface area contributed by atoms with Gasteiger partial charge in [0.25, 0.3) is 0 Å². The van der Waals surface area contributed by atoms with Crippen LogP contribution in [0.5, 0.6) is 11.5 Å². The zero-order chi connectivity index (χ0) is 27.4. The van der Waals surface area contributed by atoms with Gasteiger partial charge in [-0.25, -0.2) is 0 Å². The summed E-state index contributed by atoms with van der Waals surface area (Å²) in [5, 5.41) is 0. The standard InChI is InChI=1S/C21H22F6O6S2/c1-11-7-15(8-12(2)17(11)32-34(5,28)29)19(20(22,23)24,21(25,26)27)16-9-13(3)18(14(4)10-16)33-35(6,30)31/h7-10H,1-6H3. The molecule has 0 amide bonds. The first kappa shape index (κ1) is 28.8. The lowest BCUT2D eigenvalue weighted by Crippen LogP contribution is -2.55. The van der Waals surface area contributed by atoms with Crippen molar-refractivity contribution in [3.05, 3.63) is 57.6 Å². The Hall–Kier alpha value is -2.48. The number of halogens is 6. The molecule has 0 unspecified atom stereocenters. The molecule has 0 N–H and O–H groups in total. The van der Waals surface area contributed by atoms with Crippen molar-refractivity contribution in [1.29, 1.82) is 0 Å². The molecular weight excluding hydrogens is 526 g/mol. The van der Waals surface area contributed by atoms with Crippen LogP contribution in [0.4, 0.5) is 26.3 Å². The van der Waals surface area contributed by atoms with Crippen molar-refractivity contribution >= 4 is 20.2 Å². The predicted molar refractivity (Wildman–Crippen MR) is 116 cm³/mol. The molecule has 0 spiro atoms. The van der Waals surface area contributed by atoms with Crippen LogP contribution in [0.1, 0.15) is 33.4 Å². The molecule has 35 heavy (non-hydrogen) atoms. The summed E-state index contributed by atoms with van der Waals surface area (Å²) in [6, 6.07) is 2.28. The maximum absolute atomic E-state index is 14.5. The first-order valence-electron chi connectivity index (χ1n) is 9.67. The SMILES string of the molecule is Cc1cc(C(c2cc(C)c(OS(C)(=O)=O)c(C)c2)(C(F)(F)F)C(F)(F)F)cc(C)c1OS(C)(=O)=O. The van der Waals surface area contributed by atoms with Gasteiger partial charge in [-0.3, -0.25) is 0 Å². The van der Waals surface area contributed by atoms with Crippen LogP contribution in [0.3, 0.4) is 0 Å². The van der Waals surface area contributed by atoms with Crippen molar-refractivity contribution in [2.45, 2.75) is 45.5 Å². The molecule has 0 aliphatic rings. The summed E-state index contributed by atoms with van der Waals surface area (Å²) < 4.78 is 143. The minimum absolute atomic E-state index is 0.270. The number of aryl methyl sites for hydroxylation is 4. The van der Waals surface area contributed by atoms with Crippen LogP contribution in [0.15, 0.2) is 24.3 Å². The Balaban J connectivity index is 3.00. The first-order valence-corrected chi connectivity index (χ1v) is 13.3. The van der Waals surface area contributed by atoms with Crippen LogP contribution in [0.2, 0.25) is 0 Å². The van der Waals surface area contributed by atoms with Gasteiger partial charge in [0.15, 0.2) is 0 Å². The molecule has 6 nitrogen and oxygen atoms in total. The number of rotatable bonds is 6. The predicted octanol–water partition coefficient (Wildman–Crippen LogP) is 5.01. The molecule has 196 valence electrons. The molecular formula is C21H22F6O6S2. The van der Waals surface area contributed by atoms with Gasteiger partial charge >= 0.3 is 32.6 Å². The Bertz CT molecular complexity index is 1210. The van der Waals surface area contributed by atoms with Crippen molar-refractivity contribution in [2.75, 3.05) is 12.5 Å². The summed E-state index contributed by atoms with van der Waals surface area (Å²) in [6.45, 7) is 4.48. The maximum Gasteiger partial charge on any atom is 0.411 e. The number of alkyl halides is 6. The highest BCUT2D eigenvalue weighted by atomic mass is 32.2. The zero-order valence-corrected chi connectivity index (χ0v) is 21.0. The second-order valence-corrected chi connectivity index (χ2v) is 11.3. The molecule has 2 rings (SSSR count). The van der Waals surface area contributed by atoms with E-state index in [-0.39, 0.29) is 22.3 Å². The Morgan fingerprint density at radius 2 is 0.800 bits per heavy atom. The molecule has 2 aromatic rings. The van der Waals surface area contributed by atoms with E-state index < -0.39 is 60.6 Å². The lowest BCUT2D eigenvalue weighted by atomic mass is 9.71. The molecule has 0 atom stereocenters. The number of benzene rings is 2. The average molecular weight is 549 g/mol. The van der Waals surface area contributed by atoms with Crippen LogP contribution in [-0.4, -0.2) is 41.7 Å². The third kappa shape index (κ3) is 5.68. The van der Waals surface area contributed by atoms with Crippen molar-refractivity contribution in [1.82, 2.24) is 0 Å². The minimum Gasteiger partial charge on any atom is -0.382 e. The normalized spacial score (nSPS) is 13.6.